The van der Waals surface area contributed by atoms with Gasteiger partial charge in [0.25, 0.3) is 0 Å². The smallest absolute Gasteiger partial charge is 0.180 e. The Morgan fingerprint density at radius 3 is 2.66 bits per heavy atom. The quantitative estimate of drug-likeness (QED) is 0.347. The molecule has 38 heavy (non-hydrogen) atoms. The van der Waals surface area contributed by atoms with Crippen molar-refractivity contribution in [3.05, 3.63) is 77.8 Å². The summed E-state index contributed by atoms with van der Waals surface area (Å²) in [6, 6.07) is 19.3. The highest BCUT2D eigenvalue weighted by Gasteiger charge is 2.26. The van der Waals surface area contributed by atoms with Crippen LogP contribution in [0.2, 0.25) is 5.02 Å². The predicted molar refractivity (Wildman–Crippen MR) is 147 cm³/mol. The normalized spacial score (nSPS) is 13.9. The summed E-state index contributed by atoms with van der Waals surface area (Å²) in [5.41, 5.74) is 10.6. The summed E-state index contributed by atoms with van der Waals surface area (Å²) in [7, 11) is 0. The van der Waals surface area contributed by atoms with Crippen molar-refractivity contribution in [2.45, 2.75) is 18.9 Å². The third-order valence-electron chi connectivity index (χ3n) is 6.57. The standard InChI is InChI=1S/C27H23ClN10/c28-18-4-1-3-17(13-18)22-6-7-23-27(35-22)38(26(36-23)21-5-2-10-31-25(21)30)37-11-8-19(9-12-37)34-24-14-20(15-29)32-16-33-24/h1-7,10,13-14,16,19H,8-9,11-12H2,(H2,30,31)(H,32,33,34). The molecule has 0 bridgehead atoms. The monoisotopic (exact) mass is 522 g/mol. The van der Waals surface area contributed by atoms with Gasteiger partial charge in [-0.25, -0.2) is 29.6 Å². The number of nitrogens with two attached hydrogens (primary N) is 1. The Hall–Kier alpha value is -4.75. The number of hydrogen-bond acceptors (Lipinski definition) is 9. The summed E-state index contributed by atoms with van der Waals surface area (Å²) in [6.07, 6.45) is 4.77. The second-order valence-electron chi connectivity index (χ2n) is 9.01. The first-order chi connectivity index (χ1) is 18.6. The van der Waals surface area contributed by atoms with Gasteiger partial charge in [0.1, 0.15) is 35.2 Å². The van der Waals surface area contributed by atoms with E-state index < -0.39 is 0 Å². The first-order valence-electron chi connectivity index (χ1n) is 12.2. The fourth-order valence-electron chi connectivity index (χ4n) is 4.72. The van der Waals surface area contributed by atoms with Gasteiger partial charge in [-0.3, -0.25) is 0 Å². The molecule has 0 unspecified atom stereocenters. The van der Waals surface area contributed by atoms with Crippen molar-refractivity contribution in [2.75, 3.05) is 29.1 Å². The van der Waals surface area contributed by atoms with Crippen molar-refractivity contribution in [3.63, 3.8) is 0 Å². The number of rotatable bonds is 5. The lowest BCUT2D eigenvalue weighted by Gasteiger charge is -2.35. The molecule has 1 aliphatic rings. The summed E-state index contributed by atoms with van der Waals surface area (Å²) in [5, 5.41) is 15.5. The van der Waals surface area contributed by atoms with Gasteiger partial charge in [0.15, 0.2) is 11.5 Å². The van der Waals surface area contributed by atoms with E-state index >= 15 is 0 Å². The van der Waals surface area contributed by atoms with Crippen LogP contribution in [-0.2, 0) is 0 Å². The molecule has 11 heteroatoms. The van der Waals surface area contributed by atoms with E-state index in [1.54, 1.807) is 12.3 Å². The number of nitrogens with one attached hydrogen (secondary N) is 1. The van der Waals surface area contributed by atoms with Gasteiger partial charge in [0.2, 0.25) is 0 Å². The van der Waals surface area contributed by atoms with Crippen LogP contribution < -0.4 is 16.1 Å². The van der Waals surface area contributed by atoms with E-state index in [4.69, 9.17) is 32.6 Å². The zero-order valence-electron chi connectivity index (χ0n) is 20.3. The molecule has 0 atom stereocenters. The number of imidazole rings is 1. The SMILES string of the molecule is N#Cc1cc(NC2CCN(n3c(-c4cccnc4N)nc4ccc(-c5cccc(Cl)c5)nc43)CC2)ncn1. The zero-order chi connectivity index (χ0) is 26.1. The van der Waals surface area contributed by atoms with E-state index in [1.165, 1.54) is 6.33 Å². The summed E-state index contributed by atoms with van der Waals surface area (Å²) < 4.78 is 2.06. The number of pyridine rings is 2. The van der Waals surface area contributed by atoms with Gasteiger partial charge in [-0.15, -0.1) is 0 Å². The van der Waals surface area contributed by atoms with Gasteiger partial charge < -0.3 is 16.1 Å². The number of hydrogen-bond donors (Lipinski definition) is 2. The van der Waals surface area contributed by atoms with Crippen LogP contribution in [0.15, 0.2) is 67.1 Å². The van der Waals surface area contributed by atoms with Crippen LogP contribution in [0.5, 0.6) is 0 Å². The Morgan fingerprint density at radius 1 is 1.00 bits per heavy atom. The number of anilines is 2. The van der Waals surface area contributed by atoms with Crippen LogP contribution in [-0.4, -0.2) is 48.7 Å². The number of halogens is 1. The minimum atomic E-state index is 0.198. The molecule has 0 spiro atoms. The van der Waals surface area contributed by atoms with E-state index in [9.17, 15) is 0 Å². The third kappa shape index (κ3) is 4.55. The van der Waals surface area contributed by atoms with Crippen LogP contribution in [0.25, 0.3) is 33.8 Å². The Bertz CT molecular complexity index is 1670. The fourth-order valence-corrected chi connectivity index (χ4v) is 4.91. The van der Waals surface area contributed by atoms with E-state index in [0.717, 1.165) is 53.9 Å². The maximum atomic E-state index is 9.13. The average molecular weight is 523 g/mol. The molecule has 10 nitrogen and oxygen atoms in total. The molecule has 0 amide bonds. The molecular formula is C27H23ClN10. The molecule has 3 N–H and O–H groups in total. The van der Waals surface area contributed by atoms with Gasteiger partial charge in [-0.2, -0.15) is 5.26 Å². The van der Waals surface area contributed by atoms with Crippen molar-refractivity contribution in [1.82, 2.24) is 29.6 Å². The van der Waals surface area contributed by atoms with E-state index in [-0.39, 0.29) is 6.04 Å². The van der Waals surface area contributed by atoms with Gasteiger partial charge in [-0.05, 0) is 49.2 Å². The van der Waals surface area contributed by atoms with Gasteiger partial charge in [0, 0.05) is 42.0 Å². The highest BCUT2D eigenvalue weighted by Crippen LogP contribution is 2.31. The molecule has 5 aromatic rings. The summed E-state index contributed by atoms with van der Waals surface area (Å²) in [4.78, 5) is 22.4. The molecule has 188 valence electrons. The number of nitrogens with zero attached hydrogens (tertiary/aromatic N) is 8. The highest BCUT2D eigenvalue weighted by molar-refractivity contribution is 6.30. The number of fused-ring (bicyclic) bond motifs is 1. The van der Waals surface area contributed by atoms with Crippen LogP contribution in [0, 0.1) is 11.3 Å². The van der Waals surface area contributed by atoms with E-state index in [1.807, 2.05) is 48.5 Å². The summed E-state index contributed by atoms with van der Waals surface area (Å²) in [5.74, 6) is 1.76. The first-order valence-corrected chi connectivity index (χ1v) is 12.6. The van der Waals surface area contributed by atoms with Crippen molar-refractivity contribution >= 4 is 34.4 Å². The molecule has 1 fully saturated rings. The van der Waals surface area contributed by atoms with Crippen molar-refractivity contribution in [1.29, 1.82) is 5.26 Å². The second-order valence-corrected chi connectivity index (χ2v) is 9.44. The lowest BCUT2D eigenvalue weighted by molar-refractivity contribution is 0.455. The van der Waals surface area contributed by atoms with Crippen LogP contribution in [0.3, 0.4) is 0 Å². The Morgan fingerprint density at radius 2 is 1.87 bits per heavy atom. The van der Waals surface area contributed by atoms with Crippen LogP contribution >= 0.6 is 11.6 Å². The van der Waals surface area contributed by atoms with Crippen LogP contribution in [0.1, 0.15) is 18.5 Å². The minimum Gasteiger partial charge on any atom is -0.383 e. The lowest BCUT2D eigenvalue weighted by Crippen LogP contribution is -2.45. The van der Waals surface area contributed by atoms with Crippen molar-refractivity contribution in [2.24, 2.45) is 0 Å². The highest BCUT2D eigenvalue weighted by atomic mass is 35.5. The molecule has 0 aliphatic carbocycles. The second kappa shape index (κ2) is 9.95. The van der Waals surface area contributed by atoms with Crippen molar-refractivity contribution < 1.29 is 0 Å². The average Bonchev–Trinajstić information content (AvgIpc) is 3.32. The fraction of sp³-hybridized carbons (Fsp3) is 0.185. The lowest BCUT2D eigenvalue weighted by atomic mass is 10.1. The first kappa shape index (κ1) is 23.6. The number of nitriles is 1. The molecule has 0 radical (unpaired) electrons. The molecule has 1 aliphatic heterocycles. The largest absolute Gasteiger partial charge is 0.383 e. The number of benzene rings is 1. The Kier molecular flexibility index (Phi) is 6.19. The molecule has 5 heterocycles. The third-order valence-corrected chi connectivity index (χ3v) is 6.80. The maximum absolute atomic E-state index is 9.13. The number of nitrogen functional groups attached to an aromatic ring is 1. The van der Waals surface area contributed by atoms with Gasteiger partial charge >= 0.3 is 0 Å². The van der Waals surface area contributed by atoms with Gasteiger partial charge in [-0.1, -0.05) is 23.7 Å². The van der Waals surface area contributed by atoms with Crippen molar-refractivity contribution in [3.8, 4) is 28.7 Å². The molecule has 6 rings (SSSR count). The molecule has 1 saturated heterocycles. The molecule has 1 aromatic carbocycles. The molecule has 0 saturated carbocycles. The van der Waals surface area contributed by atoms with E-state index in [0.29, 0.717) is 28.2 Å². The maximum Gasteiger partial charge on any atom is 0.180 e. The van der Waals surface area contributed by atoms with E-state index in [2.05, 4.69) is 36.0 Å². The Labute approximate surface area is 223 Å². The predicted octanol–water partition coefficient (Wildman–Crippen LogP) is 4.27. The topological polar surface area (TPSA) is 134 Å². The molecular weight excluding hydrogens is 500 g/mol. The zero-order valence-corrected chi connectivity index (χ0v) is 21.0. The van der Waals surface area contributed by atoms with Crippen LogP contribution in [0.4, 0.5) is 11.6 Å². The summed E-state index contributed by atoms with van der Waals surface area (Å²) in [6.45, 7) is 1.49. The Balaban J connectivity index is 1.36. The number of piperidine rings is 1. The van der Waals surface area contributed by atoms with Gasteiger partial charge in [0.05, 0.1) is 11.3 Å². The minimum absolute atomic E-state index is 0.198. The number of aromatic nitrogens is 6. The summed E-state index contributed by atoms with van der Waals surface area (Å²) >= 11 is 6.25. The molecule has 4 aromatic heterocycles.